The zero-order valence-corrected chi connectivity index (χ0v) is 25.0. The number of nitrogens with one attached hydrogen (secondary N) is 1. The van der Waals surface area contributed by atoms with Gasteiger partial charge in [-0.1, -0.05) is 38.3 Å². The molecule has 224 valence electrons. The van der Waals surface area contributed by atoms with E-state index >= 15 is 0 Å². The van der Waals surface area contributed by atoms with Crippen molar-refractivity contribution >= 4 is 12.1 Å². The van der Waals surface area contributed by atoms with Crippen molar-refractivity contribution in [3.05, 3.63) is 11.6 Å². The number of carbonyl (C=O) groups is 2. The first-order valence-electron chi connectivity index (χ1n) is 14.8. The standard InChI is InChI=1S/C30H52N2O7/c1-20(2)11-12-24-29(5,39-24)27-26(35-6)23(13-14-30(27)19-37-30)38-25(33)17-22(21(3)4)18-36-28(34)32-16-10-8-7-9-15-31/h11,21-24,26-27H,7-10,12-19,31H2,1-6H3,(H,32,34)/t22-,23?,24+,26?,27?,29?,30-/m0/s1. The Kier molecular flexibility index (Phi) is 11.7. The maximum Gasteiger partial charge on any atom is 0.407 e. The van der Waals surface area contributed by atoms with Gasteiger partial charge in [0.2, 0.25) is 0 Å². The highest BCUT2D eigenvalue weighted by molar-refractivity contribution is 5.70. The molecule has 3 fully saturated rings. The Hall–Kier alpha value is -1.68. The van der Waals surface area contributed by atoms with Gasteiger partial charge in [-0.3, -0.25) is 4.79 Å². The Morgan fingerprint density at radius 2 is 1.90 bits per heavy atom. The summed E-state index contributed by atoms with van der Waals surface area (Å²) in [5.41, 5.74) is 6.14. The average molecular weight is 553 g/mol. The largest absolute Gasteiger partial charge is 0.460 e. The van der Waals surface area contributed by atoms with E-state index in [-0.39, 0.29) is 66.3 Å². The van der Waals surface area contributed by atoms with Crippen molar-refractivity contribution in [1.82, 2.24) is 5.32 Å². The van der Waals surface area contributed by atoms with E-state index in [1.54, 1.807) is 7.11 Å². The van der Waals surface area contributed by atoms with Crippen LogP contribution in [0.4, 0.5) is 4.79 Å². The van der Waals surface area contributed by atoms with Crippen LogP contribution in [0.2, 0.25) is 0 Å². The second-order valence-electron chi connectivity index (χ2n) is 12.3. The molecular formula is C30H52N2O7. The number of epoxide rings is 2. The molecule has 3 N–H and O–H groups in total. The van der Waals surface area contributed by atoms with Crippen LogP contribution in [0.5, 0.6) is 0 Å². The second kappa shape index (κ2) is 14.3. The molecule has 4 unspecified atom stereocenters. The SMILES string of the molecule is COC1C(OC(=O)C[C@@H](COC(=O)NCCCCCCN)C(C)C)CC[C@]2(CO2)C1C1(C)O[C@@H]1CC=C(C)C. The average Bonchev–Trinajstić information content (AvgIpc) is 3.80. The van der Waals surface area contributed by atoms with Crippen LogP contribution in [0.3, 0.4) is 0 Å². The van der Waals surface area contributed by atoms with E-state index in [1.807, 2.05) is 13.8 Å². The second-order valence-corrected chi connectivity index (χ2v) is 12.3. The normalized spacial score (nSPS) is 32.0. The molecule has 0 aromatic rings. The third-order valence-corrected chi connectivity index (χ3v) is 8.72. The van der Waals surface area contributed by atoms with Gasteiger partial charge in [-0.2, -0.15) is 0 Å². The van der Waals surface area contributed by atoms with Gasteiger partial charge in [0.15, 0.2) is 0 Å². The summed E-state index contributed by atoms with van der Waals surface area (Å²) < 4.78 is 29.7. The molecule has 1 aliphatic carbocycles. The maximum absolute atomic E-state index is 13.1. The van der Waals surface area contributed by atoms with Crippen molar-refractivity contribution < 1.29 is 33.3 Å². The van der Waals surface area contributed by atoms with E-state index in [2.05, 4.69) is 32.2 Å². The molecule has 3 rings (SSSR count). The Labute approximate surface area is 234 Å². The third kappa shape index (κ3) is 8.65. The Morgan fingerprint density at radius 3 is 2.51 bits per heavy atom. The van der Waals surface area contributed by atoms with Crippen LogP contribution in [0, 0.1) is 17.8 Å². The lowest BCUT2D eigenvalue weighted by Crippen LogP contribution is -2.55. The van der Waals surface area contributed by atoms with E-state index in [0.29, 0.717) is 26.1 Å². The molecule has 1 saturated carbocycles. The van der Waals surface area contributed by atoms with Crippen molar-refractivity contribution in [1.29, 1.82) is 0 Å². The van der Waals surface area contributed by atoms with Crippen LogP contribution in [0.25, 0.3) is 0 Å². The molecule has 2 heterocycles. The predicted octanol–water partition coefficient (Wildman–Crippen LogP) is 4.51. The summed E-state index contributed by atoms with van der Waals surface area (Å²) in [5, 5.41) is 2.79. The first-order chi connectivity index (χ1) is 18.6. The maximum atomic E-state index is 13.1. The monoisotopic (exact) mass is 552 g/mol. The molecule has 1 spiro atoms. The number of alkyl carbamates (subject to hydrolysis) is 1. The van der Waals surface area contributed by atoms with Crippen molar-refractivity contribution in [2.45, 2.75) is 115 Å². The number of amides is 1. The van der Waals surface area contributed by atoms with Gasteiger partial charge in [0.05, 0.1) is 31.7 Å². The van der Waals surface area contributed by atoms with Gasteiger partial charge >= 0.3 is 12.1 Å². The van der Waals surface area contributed by atoms with Crippen molar-refractivity contribution in [2.75, 3.05) is 33.4 Å². The fourth-order valence-corrected chi connectivity index (χ4v) is 6.04. The number of hydrogen-bond acceptors (Lipinski definition) is 8. The summed E-state index contributed by atoms with van der Waals surface area (Å²) in [4.78, 5) is 25.3. The number of ether oxygens (including phenoxy) is 5. The first kappa shape index (κ1) is 31.8. The summed E-state index contributed by atoms with van der Waals surface area (Å²) in [7, 11) is 1.68. The molecule has 9 heteroatoms. The fourth-order valence-electron chi connectivity index (χ4n) is 6.04. The van der Waals surface area contributed by atoms with Crippen LogP contribution < -0.4 is 11.1 Å². The van der Waals surface area contributed by atoms with Crippen LogP contribution in [0.1, 0.15) is 86.0 Å². The van der Waals surface area contributed by atoms with Crippen molar-refractivity contribution in [3.63, 3.8) is 0 Å². The minimum absolute atomic E-state index is 0.0136. The van der Waals surface area contributed by atoms with Gasteiger partial charge in [-0.05, 0) is 65.3 Å². The van der Waals surface area contributed by atoms with Gasteiger partial charge in [0.1, 0.15) is 23.4 Å². The zero-order valence-electron chi connectivity index (χ0n) is 25.0. The Morgan fingerprint density at radius 1 is 1.18 bits per heavy atom. The topological polar surface area (TPSA) is 125 Å². The molecular weight excluding hydrogens is 500 g/mol. The van der Waals surface area contributed by atoms with Crippen LogP contribution >= 0.6 is 0 Å². The third-order valence-electron chi connectivity index (χ3n) is 8.72. The highest BCUT2D eigenvalue weighted by atomic mass is 16.6. The van der Waals surface area contributed by atoms with Gasteiger partial charge in [0.25, 0.3) is 0 Å². The van der Waals surface area contributed by atoms with Gasteiger partial charge in [-0.25, -0.2) is 4.79 Å². The molecule has 0 aromatic carbocycles. The number of allylic oxidation sites excluding steroid dienone is 1. The van der Waals surface area contributed by atoms with Crippen LogP contribution in [-0.2, 0) is 28.5 Å². The molecule has 39 heavy (non-hydrogen) atoms. The van der Waals surface area contributed by atoms with E-state index < -0.39 is 6.09 Å². The smallest absolute Gasteiger partial charge is 0.407 e. The summed E-state index contributed by atoms with van der Waals surface area (Å²) >= 11 is 0. The summed E-state index contributed by atoms with van der Waals surface area (Å²) in [6, 6.07) is 0. The molecule has 3 aliphatic rings. The number of esters is 1. The quantitative estimate of drug-likeness (QED) is 0.124. The number of unbranched alkanes of at least 4 members (excludes halogenated alkanes) is 3. The van der Waals surface area contributed by atoms with E-state index in [9.17, 15) is 9.59 Å². The van der Waals surface area contributed by atoms with E-state index in [0.717, 1.165) is 38.5 Å². The van der Waals surface area contributed by atoms with Gasteiger partial charge in [-0.15, -0.1) is 0 Å². The van der Waals surface area contributed by atoms with E-state index in [4.69, 9.17) is 29.4 Å². The van der Waals surface area contributed by atoms with E-state index in [1.165, 1.54) is 5.57 Å². The summed E-state index contributed by atoms with van der Waals surface area (Å²) in [6.07, 6.45) is 7.69. The fraction of sp³-hybridized carbons (Fsp3) is 0.867. The molecule has 2 saturated heterocycles. The number of hydrogen-bond donors (Lipinski definition) is 2. The Balaban J connectivity index is 1.51. The molecule has 0 aromatic heterocycles. The van der Waals surface area contributed by atoms with Crippen molar-refractivity contribution in [2.24, 2.45) is 23.5 Å². The van der Waals surface area contributed by atoms with Crippen LogP contribution in [-0.4, -0.2) is 75.0 Å². The number of carbonyl (C=O) groups excluding carboxylic acids is 2. The molecule has 7 atom stereocenters. The number of methoxy groups -OCH3 is 1. The highest BCUT2D eigenvalue weighted by Crippen LogP contribution is 2.59. The highest BCUT2D eigenvalue weighted by Gasteiger charge is 2.72. The van der Waals surface area contributed by atoms with Crippen molar-refractivity contribution in [3.8, 4) is 0 Å². The Bertz CT molecular complexity index is 839. The predicted molar refractivity (Wildman–Crippen MR) is 149 cm³/mol. The lowest BCUT2D eigenvalue weighted by Gasteiger charge is -2.42. The van der Waals surface area contributed by atoms with Crippen LogP contribution in [0.15, 0.2) is 11.6 Å². The minimum Gasteiger partial charge on any atom is -0.460 e. The first-order valence-corrected chi connectivity index (χ1v) is 14.8. The van der Waals surface area contributed by atoms with Gasteiger partial charge < -0.3 is 34.7 Å². The lowest BCUT2D eigenvalue weighted by molar-refractivity contribution is -0.173. The summed E-state index contributed by atoms with van der Waals surface area (Å²) in [5.74, 6) is -0.292. The number of rotatable bonds is 16. The minimum atomic E-state index is -0.447. The molecule has 0 radical (unpaired) electrons. The lowest BCUT2D eigenvalue weighted by atomic mass is 9.68. The zero-order chi connectivity index (χ0) is 28.6. The molecule has 2 aliphatic heterocycles. The van der Waals surface area contributed by atoms with Gasteiger partial charge in [0, 0.05) is 19.6 Å². The number of nitrogens with two attached hydrogens (primary N) is 1. The molecule has 1 amide bonds. The molecule has 9 nitrogen and oxygen atoms in total. The summed E-state index contributed by atoms with van der Waals surface area (Å²) in [6.45, 7) is 12.5. The molecule has 0 bridgehead atoms.